The minimum Gasteiger partial charge on any atom is -1.00 e. The number of aliphatic imine (C=N–C) groups is 1. The number of rotatable bonds is 2. The van der Waals surface area contributed by atoms with Gasteiger partial charge in [0, 0.05) is 22.8 Å². The Kier molecular flexibility index (Phi) is 14.4. The van der Waals surface area contributed by atoms with Crippen molar-refractivity contribution in [1.82, 2.24) is 10.6 Å². The SMILES string of the molecule is CN=C(NC(N)=O)Nc1ccc(Cl)cc1.CSC(NC(N)=O)=[NH+]c1ccc(Cl)cc1.[I-]. The first-order chi connectivity index (χ1) is 14.2. The Balaban J connectivity index is 0.000000562. The highest BCUT2D eigenvalue weighted by Gasteiger charge is 2.08. The topological polar surface area (TPSA) is 149 Å². The molecule has 0 aromatic heterocycles. The van der Waals surface area contributed by atoms with Crippen molar-refractivity contribution >= 4 is 69.5 Å². The van der Waals surface area contributed by atoms with Crippen molar-refractivity contribution in [2.75, 3.05) is 18.6 Å². The number of nitrogens with zero attached hydrogens (tertiary/aromatic N) is 1. The van der Waals surface area contributed by atoms with E-state index in [0.29, 0.717) is 15.2 Å². The fourth-order valence-electron chi connectivity index (χ4n) is 1.84. The van der Waals surface area contributed by atoms with Crippen LogP contribution in [0.3, 0.4) is 0 Å². The van der Waals surface area contributed by atoms with E-state index in [1.807, 2.05) is 6.26 Å². The summed E-state index contributed by atoms with van der Waals surface area (Å²) in [5.41, 5.74) is 11.5. The third-order valence-electron chi connectivity index (χ3n) is 3.12. The first-order valence-electron chi connectivity index (χ1n) is 8.29. The van der Waals surface area contributed by atoms with Gasteiger partial charge < -0.3 is 40.8 Å². The number of guanidine groups is 1. The maximum atomic E-state index is 10.6. The number of carbonyl (C=O) groups is 2. The van der Waals surface area contributed by atoms with Crippen molar-refractivity contribution in [3.05, 3.63) is 58.6 Å². The van der Waals surface area contributed by atoms with Crippen LogP contribution in [0.25, 0.3) is 0 Å². The summed E-state index contributed by atoms with van der Waals surface area (Å²) in [6, 6.07) is 12.8. The molecule has 168 valence electrons. The highest BCUT2D eigenvalue weighted by Crippen LogP contribution is 2.13. The molecule has 0 aliphatic carbocycles. The van der Waals surface area contributed by atoms with E-state index in [2.05, 4.69) is 25.9 Å². The molecule has 0 aliphatic rings. The molecular weight excluding hydrogens is 576 g/mol. The minimum absolute atomic E-state index is 0. The van der Waals surface area contributed by atoms with Gasteiger partial charge in [-0.15, -0.1) is 0 Å². The molecule has 2 aromatic rings. The lowest BCUT2D eigenvalue weighted by atomic mass is 10.3. The second-order valence-electron chi connectivity index (χ2n) is 5.35. The molecule has 0 aliphatic heterocycles. The van der Waals surface area contributed by atoms with E-state index >= 15 is 0 Å². The molecule has 0 spiro atoms. The van der Waals surface area contributed by atoms with Crippen LogP contribution >= 0.6 is 35.0 Å². The first kappa shape index (κ1) is 28.8. The quantitative estimate of drug-likeness (QED) is 0.147. The summed E-state index contributed by atoms with van der Waals surface area (Å²) in [5, 5.41) is 9.54. The van der Waals surface area contributed by atoms with Crippen LogP contribution in [0.5, 0.6) is 0 Å². The number of primary amides is 2. The van der Waals surface area contributed by atoms with Crippen molar-refractivity contribution in [2.45, 2.75) is 0 Å². The van der Waals surface area contributed by atoms with E-state index in [9.17, 15) is 9.59 Å². The molecule has 31 heavy (non-hydrogen) atoms. The molecule has 2 aromatic carbocycles. The van der Waals surface area contributed by atoms with Gasteiger partial charge in [0.2, 0.25) is 5.96 Å². The number of urea groups is 2. The Morgan fingerprint density at radius 3 is 1.84 bits per heavy atom. The number of anilines is 1. The van der Waals surface area contributed by atoms with Gasteiger partial charge in [0.15, 0.2) is 0 Å². The van der Waals surface area contributed by atoms with E-state index in [1.54, 1.807) is 48.5 Å². The fourth-order valence-corrected chi connectivity index (χ4v) is 2.51. The van der Waals surface area contributed by atoms with Gasteiger partial charge in [-0.3, -0.25) is 10.3 Å². The highest BCUT2D eigenvalue weighted by molar-refractivity contribution is 8.13. The van der Waals surface area contributed by atoms with Crippen molar-refractivity contribution < 1.29 is 38.6 Å². The second kappa shape index (κ2) is 15.6. The van der Waals surface area contributed by atoms with Crippen LogP contribution in [0.4, 0.5) is 21.0 Å². The number of carbonyl (C=O) groups excluding carboxylic acids is 2. The lowest BCUT2D eigenvalue weighted by Gasteiger charge is -2.08. The summed E-state index contributed by atoms with van der Waals surface area (Å²) in [6.45, 7) is 0. The summed E-state index contributed by atoms with van der Waals surface area (Å²) in [4.78, 5) is 28.0. The molecule has 4 amide bonds. The largest absolute Gasteiger partial charge is 1.00 e. The van der Waals surface area contributed by atoms with Gasteiger partial charge in [0.1, 0.15) is 5.69 Å². The Morgan fingerprint density at radius 1 is 0.935 bits per heavy atom. The predicted octanol–water partition coefficient (Wildman–Crippen LogP) is -1.15. The van der Waals surface area contributed by atoms with E-state index in [1.165, 1.54) is 18.8 Å². The highest BCUT2D eigenvalue weighted by atomic mass is 127. The summed E-state index contributed by atoms with van der Waals surface area (Å²) in [7, 11) is 1.54. The van der Waals surface area contributed by atoms with Gasteiger partial charge in [-0.1, -0.05) is 23.2 Å². The van der Waals surface area contributed by atoms with E-state index in [0.717, 1.165) is 11.4 Å². The van der Waals surface area contributed by atoms with Crippen LogP contribution in [0, 0.1) is 0 Å². The monoisotopic (exact) mass is 597 g/mol. The third kappa shape index (κ3) is 12.9. The molecule has 8 N–H and O–H groups in total. The zero-order valence-electron chi connectivity index (χ0n) is 16.6. The van der Waals surface area contributed by atoms with Gasteiger partial charge in [-0.05, 0) is 66.5 Å². The van der Waals surface area contributed by atoms with Crippen molar-refractivity contribution in [3.8, 4) is 0 Å². The zero-order valence-corrected chi connectivity index (χ0v) is 21.1. The molecule has 0 unspecified atom stereocenters. The molecule has 13 heteroatoms. The van der Waals surface area contributed by atoms with Crippen LogP contribution < -0.4 is 56.4 Å². The van der Waals surface area contributed by atoms with Gasteiger partial charge in [0.25, 0.3) is 0 Å². The second-order valence-corrected chi connectivity index (χ2v) is 7.04. The summed E-state index contributed by atoms with van der Waals surface area (Å²) >= 11 is 12.8. The molecule has 0 saturated carbocycles. The molecule has 0 heterocycles. The Hall–Kier alpha value is -2.22. The van der Waals surface area contributed by atoms with E-state index < -0.39 is 12.1 Å². The summed E-state index contributed by atoms with van der Waals surface area (Å²) < 4.78 is 0. The number of hydrogen-bond donors (Lipinski definition) is 6. The number of thioether (sulfide) groups is 1. The van der Waals surface area contributed by atoms with Crippen LogP contribution in [0.2, 0.25) is 10.0 Å². The molecule has 0 bridgehead atoms. The number of nitrogens with two attached hydrogens (primary N) is 2. The number of hydrogen-bond acceptors (Lipinski definition) is 4. The summed E-state index contributed by atoms with van der Waals surface area (Å²) in [6.07, 6.45) is 1.83. The Bertz CT molecular complexity index is 910. The molecule has 0 fully saturated rings. The van der Waals surface area contributed by atoms with E-state index in [-0.39, 0.29) is 29.9 Å². The van der Waals surface area contributed by atoms with Gasteiger partial charge in [0.05, 0.1) is 0 Å². The van der Waals surface area contributed by atoms with Crippen molar-refractivity contribution in [2.24, 2.45) is 16.5 Å². The van der Waals surface area contributed by atoms with Crippen LogP contribution in [0.1, 0.15) is 0 Å². The van der Waals surface area contributed by atoms with Gasteiger partial charge in [-0.2, -0.15) is 5.32 Å². The minimum atomic E-state index is -0.669. The lowest BCUT2D eigenvalue weighted by molar-refractivity contribution is -0.352. The normalized spacial score (nSPS) is 10.7. The molecule has 0 radical (unpaired) electrons. The van der Waals surface area contributed by atoms with Crippen molar-refractivity contribution in [3.63, 3.8) is 0 Å². The number of nitrogens with one attached hydrogen (secondary N) is 4. The lowest BCUT2D eigenvalue weighted by Crippen LogP contribution is -3.00. The molecule has 2 rings (SSSR count). The summed E-state index contributed by atoms with van der Waals surface area (Å²) in [5.74, 6) is 0.282. The Labute approximate surface area is 211 Å². The maximum absolute atomic E-state index is 10.6. The third-order valence-corrected chi connectivity index (χ3v) is 4.23. The predicted molar refractivity (Wildman–Crippen MR) is 124 cm³/mol. The van der Waals surface area contributed by atoms with E-state index in [4.69, 9.17) is 34.7 Å². The number of amides is 4. The molecular formula is C18H22Cl2IN7O2S. The average molecular weight is 598 g/mol. The van der Waals surface area contributed by atoms with Crippen molar-refractivity contribution in [1.29, 1.82) is 0 Å². The first-order valence-corrected chi connectivity index (χ1v) is 10.3. The standard InChI is InChI=1S/C9H11ClN4O.C9H10ClN3OS.HI/c1-12-9(14-8(11)15)13-7-4-2-6(10)3-5-7;1-15-9(13-8(11)14)12-7-4-2-6(10)3-5-7;/h2-5H,1H3,(H4,11,12,13,14,15);2-5H,1H3,(H3,11,12,13,14);1H. The maximum Gasteiger partial charge on any atom is 0.404 e. The number of amidine groups is 1. The average Bonchev–Trinajstić information content (AvgIpc) is 2.70. The number of halogens is 3. The van der Waals surface area contributed by atoms with Crippen LogP contribution in [-0.2, 0) is 0 Å². The zero-order chi connectivity index (χ0) is 22.5. The smallest absolute Gasteiger partial charge is 0.404 e. The van der Waals surface area contributed by atoms with Gasteiger partial charge >= 0.3 is 17.2 Å². The molecule has 0 atom stereocenters. The fraction of sp³-hybridized carbons (Fsp3) is 0.111. The number of benzene rings is 2. The Morgan fingerprint density at radius 2 is 1.42 bits per heavy atom. The van der Waals surface area contributed by atoms with Gasteiger partial charge in [-0.25, -0.2) is 14.6 Å². The van der Waals surface area contributed by atoms with Crippen LogP contribution in [-0.4, -0.2) is 36.5 Å². The van der Waals surface area contributed by atoms with Crippen LogP contribution in [0.15, 0.2) is 53.5 Å². The molecule has 0 saturated heterocycles. The molecule has 9 nitrogen and oxygen atoms in total.